The Balaban J connectivity index is 1.99. The largest absolute Gasteiger partial charge is 0.454 e. The third kappa shape index (κ3) is 7.79. The van der Waals surface area contributed by atoms with Gasteiger partial charge in [-0.15, -0.1) is 0 Å². The van der Waals surface area contributed by atoms with Crippen LogP contribution >= 0.6 is 0 Å². The highest BCUT2D eigenvalue weighted by Crippen LogP contribution is 2.29. The first-order valence-electron chi connectivity index (χ1n) is 12.0. The smallest absolute Gasteiger partial charge is 0.306 e. The molecule has 12 nitrogen and oxygen atoms in total. The van der Waals surface area contributed by atoms with Gasteiger partial charge < -0.3 is 54.7 Å². The minimum atomic E-state index is -1.76. The molecule has 12 heteroatoms. The Hall–Kier alpha value is -0.930. The van der Waals surface area contributed by atoms with Gasteiger partial charge in [0.25, 0.3) is 0 Å². The molecule has 2 saturated heterocycles. The highest BCUT2D eigenvalue weighted by atomic mass is 16.8. The van der Waals surface area contributed by atoms with E-state index in [1.54, 1.807) is 0 Å². The number of unbranched alkanes of at least 4 members (excludes halogenated alkanes) is 6. The number of hydrogen-bond donors (Lipinski definition) is 7. The van der Waals surface area contributed by atoms with Gasteiger partial charge in [-0.05, 0) is 6.42 Å². The van der Waals surface area contributed by atoms with E-state index in [1.165, 1.54) is 6.42 Å². The predicted octanol–water partition coefficient (Wildman–Crippen LogP) is -1.71. The molecule has 0 unspecified atom stereocenters. The van der Waals surface area contributed by atoms with E-state index in [2.05, 4.69) is 6.92 Å². The van der Waals surface area contributed by atoms with Gasteiger partial charge in [-0.2, -0.15) is 0 Å². The fourth-order valence-corrected chi connectivity index (χ4v) is 4.04. The summed E-state index contributed by atoms with van der Waals surface area (Å²) in [4.78, 5) is 12.4. The molecule has 2 aliphatic heterocycles. The summed E-state index contributed by atoms with van der Waals surface area (Å²) in [5.74, 6) is -0.654. The lowest BCUT2D eigenvalue weighted by molar-refractivity contribution is -0.376. The molecular weight excluding hydrogens is 456 g/mol. The van der Waals surface area contributed by atoms with Crippen molar-refractivity contribution in [2.24, 2.45) is 0 Å². The maximum atomic E-state index is 12.4. The molecule has 0 saturated carbocycles. The molecule has 34 heavy (non-hydrogen) atoms. The van der Waals surface area contributed by atoms with Crippen LogP contribution in [0.2, 0.25) is 0 Å². The third-order valence-electron chi connectivity index (χ3n) is 6.19. The Labute approximate surface area is 199 Å². The van der Waals surface area contributed by atoms with Crippen LogP contribution in [-0.2, 0) is 23.7 Å². The van der Waals surface area contributed by atoms with Crippen LogP contribution in [0.5, 0.6) is 0 Å². The molecule has 0 aromatic heterocycles. The number of rotatable bonds is 13. The molecule has 7 N–H and O–H groups in total. The Kier molecular flexibility index (Phi) is 12.6. The molecule has 0 bridgehead atoms. The summed E-state index contributed by atoms with van der Waals surface area (Å²) >= 11 is 0. The van der Waals surface area contributed by atoms with Crippen molar-refractivity contribution in [1.29, 1.82) is 0 Å². The van der Waals surface area contributed by atoms with Crippen molar-refractivity contribution in [3.8, 4) is 0 Å². The van der Waals surface area contributed by atoms with Crippen LogP contribution in [-0.4, -0.2) is 116 Å². The summed E-state index contributed by atoms with van der Waals surface area (Å²) in [5.41, 5.74) is 0. The van der Waals surface area contributed by atoms with E-state index < -0.39 is 80.6 Å². The van der Waals surface area contributed by atoms with Gasteiger partial charge in [-0.1, -0.05) is 45.4 Å². The van der Waals surface area contributed by atoms with Crippen molar-refractivity contribution in [1.82, 2.24) is 0 Å². The number of hydrogen-bond acceptors (Lipinski definition) is 12. The first-order valence-corrected chi connectivity index (χ1v) is 12.0. The summed E-state index contributed by atoms with van der Waals surface area (Å²) in [6.45, 7) is 0.757. The number of esters is 1. The van der Waals surface area contributed by atoms with Crippen molar-refractivity contribution in [3.05, 3.63) is 0 Å². The van der Waals surface area contributed by atoms with Gasteiger partial charge in [0.1, 0.15) is 42.7 Å². The molecule has 0 spiro atoms. The van der Waals surface area contributed by atoms with Gasteiger partial charge in [-0.3, -0.25) is 4.79 Å². The molecule has 0 aliphatic carbocycles. The number of carbonyl (C=O) groups is 1. The normalized spacial score (nSPS) is 38.6. The van der Waals surface area contributed by atoms with Crippen LogP contribution in [0.3, 0.4) is 0 Å². The van der Waals surface area contributed by atoms with Gasteiger partial charge in [0.2, 0.25) is 6.29 Å². The lowest BCUT2D eigenvalue weighted by Crippen LogP contribution is -2.64. The zero-order valence-corrected chi connectivity index (χ0v) is 19.5. The number of aliphatic hydroxyl groups is 7. The number of aliphatic hydroxyl groups excluding tert-OH is 7. The van der Waals surface area contributed by atoms with Crippen molar-refractivity contribution in [3.63, 3.8) is 0 Å². The summed E-state index contributed by atoms with van der Waals surface area (Å²) < 4.78 is 21.5. The first-order chi connectivity index (χ1) is 16.2. The summed E-state index contributed by atoms with van der Waals surface area (Å²) in [5, 5.41) is 69.6. The first kappa shape index (κ1) is 29.3. The lowest BCUT2D eigenvalue weighted by Gasteiger charge is -2.45. The van der Waals surface area contributed by atoms with E-state index in [0.29, 0.717) is 6.42 Å². The Morgan fingerprint density at radius 1 is 0.706 bits per heavy atom. The molecule has 2 aliphatic rings. The quantitative estimate of drug-likeness (QED) is 0.113. The lowest BCUT2D eigenvalue weighted by atomic mass is 9.98. The number of ether oxygens (including phenoxy) is 4. The second-order valence-corrected chi connectivity index (χ2v) is 8.87. The summed E-state index contributed by atoms with van der Waals surface area (Å²) in [7, 11) is 0. The zero-order valence-electron chi connectivity index (χ0n) is 19.5. The van der Waals surface area contributed by atoms with Gasteiger partial charge in [0, 0.05) is 6.42 Å². The van der Waals surface area contributed by atoms with E-state index >= 15 is 0 Å². The van der Waals surface area contributed by atoms with E-state index in [-0.39, 0.29) is 6.42 Å². The fourth-order valence-electron chi connectivity index (χ4n) is 4.04. The van der Waals surface area contributed by atoms with Gasteiger partial charge in [-0.25, -0.2) is 0 Å². The van der Waals surface area contributed by atoms with E-state index in [9.17, 15) is 40.5 Å². The molecule has 0 amide bonds. The molecule has 0 aromatic rings. The maximum absolute atomic E-state index is 12.4. The van der Waals surface area contributed by atoms with Gasteiger partial charge in [0.15, 0.2) is 12.4 Å². The topological polar surface area (TPSA) is 196 Å². The average Bonchev–Trinajstić information content (AvgIpc) is 2.83. The molecule has 2 fully saturated rings. The van der Waals surface area contributed by atoms with Crippen LogP contribution in [0.4, 0.5) is 0 Å². The van der Waals surface area contributed by atoms with E-state index in [4.69, 9.17) is 18.9 Å². The van der Waals surface area contributed by atoms with Crippen LogP contribution < -0.4 is 0 Å². The summed E-state index contributed by atoms with van der Waals surface area (Å²) in [6, 6.07) is 0. The summed E-state index contributed by atoms with van der Waals surface area (Å²) in [6.07, 6.45) is -8.62. The number of carbonyl (C=O) groups excluding carboxylic acids is 1. The van der Waals surface area contributed by atoms with Gasteiger partial charge in [0.05, 0.1) is 13.2 Å². The molecule has 0 radical (unpaired) electrons. The van der Waals surface area contributed by atoms with Crippen LogP contribution in [0.1, 0.15) is 58.3 Å². The molecule has 200 valence electrons. The highest BCUT2D eigenvalue weighted by Gasteiger charge is 2.51. The molecule has 10 atom stereocenters. The van der Waals surface area contributed by atoms with E-state index in [0.717, 1.165) is 32.1 Å². The third-order valence-corrected chi connectivity index (χ3v) is 6.19. The standard InChI is InChI=1S/C22H40O12/c1-2-3-4-5-6-7-8-9-14(25)33-20-18(29)16(27)13(11-24)32-22(20)34-21-19(30)17(28)15(26)12(10-23)31-21/h12-13,15-24,26-30H,2-11H2,1H3/t12-,13-,15-,16-,17+,18+,19-,20-,21-,22-/m1/s1. The minimum absolute atomic E-state index is 0.0727. The van der Waals surface area contributed by atoms with E-state index in [1.807, 2.05) is 0 Å². The van der Waals surface area contributed by atoms with Gasteiger partial charge >= 0.3 is 5.97 Å². The monoisotopic (exact) mass is 496 g/mol. The molecule has 2 heterocycles. The second-order valence-electron chi connectivity index (χ2n) is 8.87. The average molecular weight is 497 g/mol. The molecule has 2 rings (SSSR count). The second kappa shape index (κ2) is 14.6. The minimum Gasteiger partial charge on any atom is -0.454 e. The van der Waals surface area contributed by atoms with Crippen LogP contribution in [0.15, 0.2) is 0 Å². The van der Waals surface area contributed by atoms with Crippen molar-refractivity contribution in [2.75, 3.05) is 13.2 Å². The Bertz CT molecular complexity index is 590. The SMILES string of the molecule is CCCCCCCCCC(=O)O[C@H]1[C@@H](O[C@H]2O[C@H](CO)[C@@H](O)[C@H](O)[C@H]2O)O[C@H](CO)[C@@H](O)[C@@H]1O. The zero-order chi connectivity index (χ0) is 25.3. The van der Waals surface area contributed by atoms with Crippen molar-refractivity contribution >= 4 is 5.97 Å². The van der Waals surface area contributed by atoms with Crippen molar-refractivity contribution in [2.45, 2.75) is 120 Å². The van der Waals surface area contributed by atoms with Crippen LogP contribution in [0.25, 0.3) is 0 Å². The molecular formula is C22H40O12. The predicted molar refractivity (Wildman–Crippen MR) is 115 cm³/mol. The maximum Gasteiger partial charge on any atom is 0.306 e. The van der Waals surface area contributed by atoms with Crippen LogP contribution in [0, 0.1) is 0 Å². The fraction of sp³-hybridized carbons (Fsp3) is 0.955. The van der Waals surface area contributed by atoms with Crippen molar-refractivity contribution < 1.29 is 59.5 Å². The Morgan fingerprint density at radius 3 is 1.82 bits per heavy atom. The Morgan fingerprint density at radius 2 is 1.24 bits per heavy atom. The highest BCUT2D eigenvalue weighted by molar-refractivity contribution is 5.69. The molecule has 0 aromatic carbocycles.